The van der Waals surface area contributed by atoms with Crippen LogP contribution >= 0.6 is 11.3 Å². The molecule has 174 valence electrons. The molecule has 0 aliphatic heterocycles. The zero-order chi connectivity index (χ0) is 24.4. The van der Waals surface area contributed by atoms with Crippen LogP contribution in [0.1, 0.15) is 55.9 Å². The van der Waals surface area contributed by atoms with Crippen molar-refractivity contribution >= 4 is 39.5 Å². The molecule has 4 aromatic rings. The van der Waals surface area contributed by atoms with E-state index in [0.717, 1.165) is 34.4 Å². The van der Waals surface area contributed by atoms with Gasteiger partial charge in [-0.05, 0) is 56.0 Å². The third kappa shape index (κ3) is 4.49. The highest BCUT2D eigenvalue weighted by molar-refractivity contribution is 7.19. The lowest BCUT2D eigenvalue weighted by Crippen LogP contribution is -2.25. The molecule has 0 radical (unpaired) electrons. The van der Waals surface area contributed by atoms with E-state index in [2.05, 4.69) is 15.6 Å². The van der Waals surface area contributed by atoms with Crippen LogP contribution in [-0.4, -0.2) is 21.2 Å². The number of anilines is 2. The third-order valence-electron chi connectivity index (χ3n) is 5.75. The lowest BCUT2D eigenvalue weighted by atomic mass is 10.1. The molecule has 34 heavy (non-hydrogen) atoms. The average Bonchev–Trinajstić information content (AvgIpc) is 3.19. The molecule has 0 spiro atoms. The minimum Gasteiger partial charge on any atom is -0.321 e. The fourth-order valence-electron chi connectivity index (χ4n) is 3.72. The molecule has 7 nitrogen and oxygen atoms in total. The monoisotopic (exact) mass is 474 g/mol. The Hall–Kier alpha value is -3.78. The summed E-state index contributed by atoms with van der Waals surface area (Å²) in [4.78, 5) is 44.9. The van der Waals surface area contributed by atoms with Gasteiger partial charge < -0.3 is 10.6 Å². The van der Waals surface area contributed by atoms with Crippen molar-refractivity contribution in [1.29, 1.82) is 0 Å². The van der Waals surface area contributed by atoms with Crippen LogP contribution in [0.2, 0.25) is 0 Å². The zero-order valence-corrected chi connectivity index (χ0v) is 20.4. The second kappa shape index (κ2) is 9.61. The molecule has 0 bridgehead atoms. The number of amides is 2. The molecule has 2 N–H and O–H groups in total. The van der Waals surface area contributed by atoms with Crippen molar-refractivity contribution in [3.8, 4) is 0 Å². The number of nitrogens with zero attached hydrogens (tertiary/aromatic N) is 2. The molecule has 4 rings (SSSR count). The predicted octanol–water partition coefficient (Wildman–Crippen LogP) is 5.14. The molecule has 0 aliphatic carbocycles. The molecule has 0 aliphatic rings. The van der Waals surface area contributed by atoms with Crippen LogP contribution in [0.15, 0.2) is 53.3 Å². The summed E-state index contributed by atoms with van der Waals surface area (Å²) in [7, 11) is 0. The number of rotatable bonds is 6. The predicted molar refractivity (Wildman–Crippen MR) is 136 cm³/mol. The molecule has 0 saturated heterocycles. The van der Waals surface area contributed by atoms with Gasteiger partial charge in [0.1, 0.15) is 10.6 Å². The fourth-order valence-corrected chi connectivity index (χ4v) is 4.77. The number of para-hydroxylation sites is 1. The SMILES string of the molecule is CCCc1cc(=O)n2c(C(=O)Nc3ccccc3C)c(C(=O)Nc3cccc(C)c3C)sc2n1. The average molecular weight is 475 g/mol. The molecular formula is C26H26N4O3S. The highest BCUT2D eigenvalue weighted by atomic mass is 32.1. The first-order chi connectivity index (χ1) is 16.3. The Balaban J connectivity index is 1.84. The van der Waals surface area contributed by atoms with Crippen molar-refractivity contribution in [2.24, 2.45) is 0 Å². The standard InChI is InChI=1S/C26H26N4O3S/c1-5-9-18-14-21(31)30-22(24(32)28-19-12-7-6-10-16(19)3)23(34-26(30)27-18)25(33)29-20-13-8-11-15(2)17(20)4/h6-8,10-14H,5,9H2,1-4H3,(H,28,32)(H,29,33). The van der Waals surface area contributed by atoms with Crippen molar-refractivity contribution in [3.05, 3.63) is 91.8 Å². The number of thiazole rings is 1. The van der Waals surface area contributed by atoms with Crippen molar-refractivity contribution in [1.82, 2.24) is 9.38 Å². The number of hydrogen-bond acceptors (Lipinski definition) is 5. The molecule has 0 saturated carbocycles. The van der Waals surface area contributed by atoms with E-state index in [1.54, 1.807) is 6.07 Å². The number of aromatic nitrogens is 2. The van der Waals surface area contributed by atoms with Gasteiger partial charge in [-0.25, -0.2) is 9.38 Å². The number of fused-ring (bicyclic) bond motifs is 1. The van der Waals surface area contributed by atoms with Gasteiger partial charge in [0.05, 0.1) is 0 Å². The fraction of sp³-hybridized carbons (Fsp3) is 0.231. The van der Waals surface area contributed by atoms with E-state index in [1.807, 2.05) is 64.1 Å². The minimum absolute atomic E-state index is 0.0217. The molecule has 2 heterocycles. The molecule has 0 fully saturated rings. The van der Waals surface area contributed by atoms with Gasteiger partial charge in [0, 0.05) is 23.1 Å². The Kier molecular flexibility index (Phi) is 6.61. The van der Waals surface area contributed by atoms with Crippen LogP contribution in [0.5, 0.6) is 0 Å². The van der Waals surface area contributed by atoms with Gasteiger partial charge in [0.15, 0.2) is 4.96 Å². The second-order valence-corrected chi connectivity index (χ2v) is 9.18. The van der Waals surface area contributed by atoms with Crippen LogP contribution in [0.4, 0.5) is 11.4 Å². The smallest absolute Gasteiger partial charge is 0.274 e. The molecule has 2 aromatic heterocycles. The highest BCUT2D eigenvalue weighted by Gasteiger charge is 2.27. The number of benzene rings is 2. The second-order valence-electron chi connectivity index (χ2n) is 8.20. The summed E-state index contributed by atoms with van der Waals surface area (Å²) >= 11 is 1.04. The quantitative estimate of drug-likeness (QED) is 0.405. The first kappa shape index (κ1) is 23.4. The van der Waals surface area contributed by atoms with Gasteiger partial charge in [0.25, 0.3) is 17.4 Å². The van der Waals surface area contributed by atoms with Gasteiger partial charge >= 0.3 is 0 Å². The van der Waals surface area contributed by atoms with Gasteiger partial charge in [-0.2, -0.15) is 0 Å². The topological polar surface area (TPSA) is 92.6 Å². The Morgan fingerprint density at radius 2 is 1.62 bits per heavy atom. The first-order valence-corrected chi connectivity index (χ1v) is 11.9. The minimum atomic E-state index is -0.543. The van der Waals surface area contributed by atoms with Crippen LogP contribution < -0.4 is 16.2 Å². The van der Waals surface area contributed by atoms with Crippen LogP contribution in [0.3, 0.4) is 0 Å². The lowest BCUT2D eigenvalue weighted by Gasteiger charge is -2.11. The number of carbonyl (C=O) groups excluding carboxylic acids is 2. The lowest BCUT2D eigenvalue weighted by molar-refractivity contribution is 0.0989. The molecular weight excluding hydrogens is 448 g/mol. The van der Waals surface area contributed by atoms with Gasteiger partial charge in [-0.15, -0.1) is 0 Å². The van der Waals surface area contributed by atoms with Crippen molar-refractivity contribution in [3.63, 3.8) is 0 Å². The maximum Gasteiger partial charge on any atom is 0.274 e. The maximum absolute atomic E-state index is 13.4. The van der Waals surface area contributed by atoms with E-state index in [4.69, 9.17) is 0 Å². The Labute approximate surface area is 201 Å². The third-order valence-corrected chi connectivity index (χ3v) is 6.79. The summed E-state index contributed by atoms with van der Waals surface area (Å²) in [5.74, 6) is -1.01. The van der Waals surface area contributed by atoms with E-state index < -0.39 is 11.8 Å². The van der Waals surface area contributed by atoms with Crippen molar-refractivity contribution < 1.29 is 9.59 Å². The van der Waals surface area contributed by atoms with E-state index in [1.165, 1.54) is 10.5 Å². The Morgan fingerprint density at radius 3 is 2.35 bits per heavy atom. The molecule has 2 aromatic carbocycles. The zero-order valence-electron chi connectivity index (χ0n) is 19.6. The normalized spacial score (nSPS) is 10.9. The summed E-state index contributed by atoms with van der Waals surface area (Å²) in [6, 6.07) is 14.4. The van der Waals surface area contributed by atoms with Gasteiger partial charge in [-0.1, -0.05) is 55.0 Å². The Morgan fingerprint density at radius 1 is 0.941 bits per heavy atom. The molecule has 0 unspecified atom stereocenters. The van der Waals surface area contributed by atoms with Crippen LogP contribution in [-0.2, 0) is 6.42 Å². The van der Waals surface area contributed by atoms with E-state index in [0.29, 0.717) is 28.5 Å². The van der Waals surface area contributed by atoms with E-state index in [9.17, 15) is 14.4 Å². The molecule has 8 heteroatoms. The van der Waals surface area contributed by atoms with Crippen LogP contribution in [0.25, 0.3) is 4.96 Å². The highest BCUT2D eigenvalue weighted by Crippen LogP contribution is 2.26. The summed E-state index contributed by atoms with van der Waals surface area (Å²) in [6.45, 7) is 7.76. The van der Waals surface area contributed by atoms with Crippen molar-refractivity contribution in [2.45, 2.75) is 40.5 Å². The molecule has 2 amide bonds. The number of nitrogens with one attached hydrogen (secondary N) is 2. The largest absolute Gasteiger partial charge is 0.321 e. The van der Waals surface area contributed by atoms with Gasteiger partial charge in [-0.3, -0.25) is 14.4 Å². The van der Waals surface area contributed by atoms with Gasteiger partial charge in [0.2, 0.25) is 0 Å². The number of aryl methyl sites for hydroxylation is 3. The first-order valence-electron chi connectivity index (χ1n) is 11.1. The maximum atomic E-state index is 13.4. The Bertz CT molecular complexity index is 1470. The van der Waals surface area contributed by atoms with Crippen LogP contribution in [0, 0.1) is 20.8 Å². The van der Waals surface area contributed by atoms with E-state index >= 15 is 0 Å². The number of hydrogen-bond donors (Lipinski definition) is 2. The summed E-state index contributed by atoms with van der Waals surface area (Å²) in [5, 5.41) is 5.76. The summed E-state index contributed by atoms with van der Waals surface area (Å²) in [5.41, 5.74) is 4.33. The summed E-state index contributed by atoms with van der Waals surface area (Å²) in [6.07, 6.45) is 1.47. The summed E-state index contributed by atoms with van der Waals surface area (Å²) < 4.78 is 1.23. The van der Waals surface area contributed by atoms with E-state index in [-0.39, 0.29) is 16.1 Å². The van der Waals surface area contributed by atoms with Crippen molar-refractivity contribution in [2.75, 3.05) is 10.6 Å². The molecule has 0 atom stereocenters. The number of carbonyl (C=O) groups is 2.